The number of nitrogens with zero attached hydrogens (tertiary/aromatic N) is 2. The molecule has 1 heterocycles. The third-order valence-electron chi connectivity index (χ3n) is 3.84. The van der Waals surface area contributed by atoms with E-state index >= 15 is 0 Å². The van der Waals surface area contributed by atoms with Gasteiger partial charge < -0.3 is 9.30 Å². The number of alkyl halides is 2. The van der Waals surface area contributed by atoms with E-state index in [1.165, 1.54) is 13.2 Å². The van der Waals surface area contributed by atoms with Gasteiger partial charge in [0, 0.05) is 49.7 Å². The number of rotatable bonds is 7. The Hall–Kier alpha value is -1.30. The number of hydrogen-bond donors (Lipinski definition) is 0. The number of allylic oxidation sites excluding steroid dienone is 2. The molecule has 1 aliphatic carbocycles. The van der Waals surface area contributed by atoms with Gasteiger partial charge in [0.15, 0.2) is 5.76 Å². The number of hydrogen-bond acceptors (Lipinski definition) is 4. The molecule has 0 radical (unpaired) electrons. The Morgan fingerprint density at radius 1 is 1.21 bits per heavy atom. The number of fused-ring (bicyclic) bond motifs is 1. The fraction of sp³-hybridized carbons (Fsp3) is 0.529. The molecule has 1 aliphatic rings. The van der Waals surface area contributed by atoms with Crippen molar-refractivity contribution in [1.82, 2.24) is 9.47 Å². The summed E-state index contributed by atoms with van der Waals surface area (Å²) in [6, 6.07) is 0. The highest BCUT2D eigenvalue weighted by atomic mass is 35.5. The third-order valence-corrected chi connectivity index (χ3v) is 4.12. The van der Waals surface area contributed by atoms with Gasteiger partial charge in [-0.2, -0.15) is 0 Å². The van der Waals surface area contributed by atoms with Gasteiger partial charge in [-0.05, 0) is 19.4 Å². The number of ether oxygens (including phenoxy) is 1. The summed E-state index contributed by atoms with van der Waals surface area (Å²) in [5, 5.41) is -0.0987. The summed E-state index contributed by atoms with van der Waals surface area (Å²) in [6.07, 6.45) is 3.06. The zero-order valence-corrected chi connectivity index (χ0v) is 15.8. The fourth-order valence-corrected chi connectivity index (χ4v) is 3.44. The summed E-state index contributed by atoms with van der Waals surface area (Å²) in [7, 11) is 3.15. The second kappa shape index (κ2) is 7.72. The minimum absolute atomic E-state index is 0.0493. The van der Waals surface area contributed by atoms with Crippen molar-refractivity contribution >= 4 is 34.8 Å². The normalized spacial score (nSPS) is 16.9. The summed E-state index contributed by atoms with van der Waals surface area (Å²) in [5.41, 5.74) is 1.59. The Morgan fingerprint density at radius 2 is 1.79 bits per heavy atom. The second-order valence-corrected chi connectivity index (χ2v) is 7.64. The Morgan fingerprint density at radius 3 is 2.29 bits per heavy atom. The molecule has 0 saturated heterocycles. The maximum atomic E-state index is 12.6. The SMILES string of the molecule is COC1=CC(=O)c2c(c(CN(CC(C)Cl)CC(C)Cl)cn2C)C1=O. The van der Waals surface area contributed by atoms with Gasteiger partial charge in [-0.15, -0.1) is 23.2 Å². The first-order chi connectivity index (χ1) is 11.2. The molecule has 5 nitrogen and oxygen atoms in total. The van der Waals surface area contributed by atoms with Crippen molar-refractivity contribution in [2.45, 2.75) is 31.1 Å². The Balaban J connectivity index is 2.38. The largest absolute Gasteiger partial charge is 0.492 e. The molecular formula is C17H22Cl2N2O3. The molecule has 1 aromatic rings. The van der Waals surface area contributed by atoms with Crippen LogP contribution in [0.5, 0.6) is 0 Å². The van der Waals surface area contributed by atoms with Crippen LogP contribution in [-0.4, -0.2) is 52.0 Å². The highest BCUT2D eigenvalue weighted by Crippen LogP contribution is 2.27. The van der Waals surface area contributed by atoms with E-state index in [1.54, 1.807) is 11.6 Å². The van der Waals surface area contributed by atoms with E-state index < -0.39 is 0 Å². The number of aryl methyl sites for hydroxylation is 1. The van der Waals surface area contributed by atoms with Crippen molar-refractivity contribution < 1.29 is 14.3 Å². The van der Waals surface area contributed by atoms with Gasteiger partial charge in [-0.3, -0.25) is 14.5 Å². The van der Waals surface area contributed by atoms with Crippen molar-refractivity contribution in [1.29, 1.82) is 0 Å². The van der Waals surface area contributed by atoms with Crippen LogP contribution in [0.25, 0.3) is 0 Å². The van der Waals surface area contributed by atoms with E-state index in [4.69, 9.17) is 27.9 Å². The van der Waals surface area contributed by atoms with Crippen molar-refractivity contribution in [2.75, 3.05) is 20.2 Å². The number of carbonyl (C=O) groups is 2. The van der Waals surface area contributed by atoms with Crippen LogP contribution < -0.4 is 0 Å². The maximum absolute atomic E-state index is 12.6. The van der Waals surface area contributed by atoms with Crippen molar-refractivity contribution in [2.24, 2.45) is 7.05 Å². The minimum Gasteiger partial charge on any atom is -0.492 e. The molecule has 0 N–H and O–H groups in total. The molecule has 0 saturated carbocycles. The Bertz CT molecular complexity index is 668. The lowest BCUT2D eigenvalue weighted by Gasteiger charge is -2.25. The molecule has 0 spiro atoms. The quantitative estimate of drug-likeness (QED) is 0.690. The van der Waals surface area contributed by atoms with Crippen LogP contribution in [0.1, 0.15) is 40.3 Å². The molecule has 7 heteroatoms. The van der Waals surface area contributed by atoms with Gasteiger partial charge in [0.1, 0.15) is 5.69 Å². The average Bonchev–Trinajstić information content (AvgIpc) is 2.78. The Labute approximate surface area is 152 Å². The molecule has 24 heavy (non-hydrogen) atoms. The van der Waals surface area contributed by atoms with E-state index in [2.05, 4.69) is 4.90 Å². The molecule has 2 atom stereocenters. The molecule has 0 bridgehead atoms. The molecular weight excluding hydrogens is 351 g/mol. The number of carbonyl (C=O) groups excluding carboxylic acids is 2. The summed E-state index contributed by atoms with van der Waals surface area (Å²) in [6.45, 7) is 5.59. The number of Topliss-reactive ketones (excluding diaryl/α,β-unsaturated/α-hetero) is 1. The number of ketones is 2. The molecule has 2 rings (SSSR count). The van der Waals surface area contributed by atoms with Crippen LogP contribution in [0, 0.1) is 0 Å². The summed E-state index contributed by atoms with van der Waals surface area (Å²) in [4.78, 5) is 27.0. The topological polar surface area (TPSA) is 51.5 Å². The van der Waals surface area contributed by atoms with Gasteiger partial charge in [0.2, 0.25) is 11.6 Å². The molecule has 132 valence electrons. The predicted molar refractivity (Wildman–Crippen MR) is 95.1 cm³/mol. The van der Waals surface area contributed by atoms with Crippen LogP contribution in [-0.2, 0) is 18.3 Å². The van der Waals surface area contributed by atoms with Gasteiger partial charge in [0.05, 0.1) is 12.7 Å². The van der Waals surface area contributed by atoms with Crippen molar-refractivity contribution in [3.8, 4) is 0 Å². The molecule has 2 unspecified atom stereocenters. The van der Waals surface area contributed by atoms with E-state index in [1.807, 2.05) is 20.0 Å². The van der Waals surface area contributed by atoms with E-state index in [-0.39, 0.29) is 28.1 Å². The van der Waals surface area contributed by atoms with Crippen LogP contribution >= 0.6 is 23.2 Å². The van der Waals surface area contributed by atoms with Crippen LogP contribution in [0.4, 0.5) is 0 Å². The van der Waals surface area contributed by atoms with Gasteiger partial charge in [-0.1, -0.05) is 0 Å². The van der Waals surface area contributed by atoms with Gasteiger partial charge in [0.25, 0.3) is 0 Å². The lowest BCUT2D eigenvalue weighted by molar-refractivity contribution is 0.0912. The molecule has 0 aromatic carbocycles. The highest BCUT2D eigenvalue weighted by molar-refractivity contribution is 6.24. The van der Waals surface area contributed by atoms with Crippen molar-refractivity contribution in [3.63, 3.8) is 0 Å². The van der Waals surface area contributed by atoms with Gasteiger partial charge >= 0.3 is 0 Å². The van der Waals surface area contributed by atoms with Crippen LogP contribution in [0.15, 0.2) is 18.0 Å². The zero-order valence-electron chi connectivity index (χ0n) is 14.3. The average molecular weight is 373 g/mol. The van der Waals surface area contributed by atoms with Gasteiger partial charge in [-0.25, -0.2) is 0 Å². The van der Waals surface area contributed by atoms with E-state index in [0.717, 1.165) is 5.56 Å². The third kappa shape index (κ3) is 4.02. The lowest BCUT2D eigenvalue weighted by atomic mass is 9.96. The minimum atomic E-state index is -0.263. The Kier molecular flexibility index (Phi) is 6.12. The summed E-state index contributed by atoms with van der Waals surface area (Å²) < 4.78 is 6.75. The number of halogens is 2. The lowest BCUT2D eigenvalue weighted by Crippen LogP contribution is -2.33. The van der Waals surface area contributed by atoms with E-state index in [0.29, 0.717) is 30.9 Å². The van der Waals surface area contributed by atoms with Crippen molar-refractivity contribution in [3.05, 3.63) is 34.9 Å². The monoisotopic (exact) mass is 372 g/mol. The smallest absolute Gasteiger partial charge is 0.230 e. The fourth-order valence-electron chi connectivity index (χ4n) is 3.05. The maximum Gasteiger partial charge on any atom is 0.230 e. The molecule has 0 amide bonds. The zero-order chi connectivity index (χ0) is 18.0. The highest BCUT2D eigenvalue weighted by Gasteiger charge is 2.32. The molecule has 0 aliphatic heterocycles. The second-order valence-electron chi connectivity index (χ2n) is 6.15. The predicted octanol–water partition coefficient (Wildman–Crippen LogP) is 2.99. The first-order valence-electron chi connectivity index (χ1n) is 7.78. The molecule has 0 fully saturated rings. The standard InChI is InChI=1S/C17H22Cl2N2O3/c1-10(18)6-21(7-11(2)19)9-12-8-20(3)16-13(22)5-14(24-4)17(23)15(12)16/h5,8,10-11H,6-7,9H2,1-4H3. The molecule has 1 aromatic heterocycles. The number of aromatic nitrogens is 1. The summed E-state index contributed by atoms with van der Waals surface area (Å²) >= 11 is 12.3. The summed E-state index contributed by atoms with van der Waals surface area (Å²) in [5.74, 6) is -0.415. The first-order valence-corrected chi connectivity index (χ1v) is 8.65. The number of methoxy groups -OCH3 is 1. The van der Waals surface area contributed by atoms with Crippen LogP contribution in [0.3, 0.4) is 0 Å². The van der Waals surface area contributed by atoms with E-state index in [9.17, 15) is 9.59 Å². The first kappa shape index (κ1) is 19.0. The van der Waals surface area contributed by atoms with Crippen LogP contribution in [0.2, 0.25) is 0 Å².